The van der Waals surface area contributed by atoms with E-state index in [1.54, 1.807) is 12.1 Å². The number of carbonyl (C=O) groups is 1. The molecule has 3 aromatic rings. The molecule has 0 N–H and O–H groups in total. The molecule has 3 nitrogen and oxygen atoms in total. The third-order valence-electron chi connectivity index (χ3n) is 6.93. The number of nitrogens with zero attached hydrogens (tertiary/aromatic N) is 2. The topological polar surface area (TPSA) is 23.6 Å². The molecular formula is C27H26ClFN2O. The summed E-state index contributed by atoms with van der Waals surface area (Å²) in [6.07, 6.45) is 0.377. The minimum atomic E-state index is -0.854. The molecule has 0 bridgehead atoms. The van der Waals surface area contributed by atoms with Gasteiger partial charge in [-0.2, -0.15) is 0 Å². The predicted octanol–water partition coefficient (Wildman–Crippen LogP) is 5.24. The highest BCUT2D eigenvalue weighted by Crippen LogP contribution is 2.44. The number of piperazine rings is 1. The molecule has 32 heavy (non-hydrogen) atoms. The van der Waals surface area contributed by atoms with Gasteiger partial charge < -0.3 is 0 Å². The van der Waals surface area contributed by atoms with Crippen LogP contribution in [0.2, 0.25) is 5.02 Å². The van der Waals surface area contributed by atoms with Crippen LogP contribution in [-0.4, -0.2) is 41.8 Å². The van der Waals surface area contributed by atoms with E-state index in [1.165, 1.54) is 6.07 Å². The van der Waals surface area contributed by atoms with Crippen molar-refractivity contribution in [2.24, 2.45) is 0 Å². The summed E-state index contributed by atoms with van der Waals surface area (Å²) in [4.78, 5) is 18.5. The van der Waals surface area contributed by atoms with E-state index in [1.807, 2.05) is 43.3 Å². The fourth-order valence-electron chi connectivity index (χ4n) is 5.24. The number of hydrogen-bond acceptors (Lipinski definition) is 3. The van der Waals surface area contributed by atoms with Crippen molar-refractivity contribution in [2.75, 3.05) is 26.2 Å². The summed E-state index contributed by atoms with van der Waals surface area (Å²) in [6, 6.07) is 20.9. The molecule has 0 spiro atoms. The summed E-state index contributed by atoms with van der Waals surface area (Å²) in [5, 5.41) is 0.781. The van der Waals surface area contributed by atoms with E-state index >= 15 is 0 Å². The molecule has 1 aliphatic carbocycles. The fourth-order valence-corrected chi connectivity index (χ4v) is 5.43. The van der Waals surface area contributed by atoms with Gasteiger partial charge in [0, 0.05) is 55.3 Å². The van der Waals surface area contributed by atoms with Crippen LogP contribution >= 0.6 is 11.6 Å². The van der Waals surface area contributed by atoms with Gasteiger partial charge in [0.2, 0.25) is 0 Å². The van der Waals surface area contributed by atoms with Gasteiger partial charge in [-0.15, -0.1) is 0 Å². The minimum Gasteiger partial charge on any atom is -0.296 e. The van der Waals surface area contributed by atoms with Crippen LogP contribution in [0.1, 0.15) is 32.6 Å². The van der Waals surface area contributed by atoms with Gasteiger partial charge in [0.15, 0.2) is 5.78 Å². The van der Waals surface area contributed by atoms with Gasteiger partial charge in [-0.1, -0.05) is 71.8 Å². The maximum absolute atomic E-state index is 14.7. The summed E-state index contributed by atoms with van der Waals surface area (Å²) in [5.41, 5.74) is 3.37. The molecule has 1 heterocycles. The summed E-state index contributed by atoms with van der Waals surface area (Å²) < 4.78 is 14.7. The zero-order valence-corrected chi connectivity index (χ0v) is 18.9. The second-order valence-corrected chi connectivity index (χ2v) is 9.26. The van der Waals surface area contributed by atoms with Crippen molar-refractivity contribution in [2.45, 2.75) is 25.4 Å². The van der Waals surface area contributed by atoms with Crippen molar-refractivity contribution in [3.63, 3.8) is 0 Å². The number of aryl methyl sites for hydroxylation is 1. The molecule has 0 saturated carbocycles. The second-order valence-electron chi connectivity index (χ2n) is 8.86. The number of halogens is 2. The smallest absolute Gasteiger partial charge is 0.188 e. The Morgan fingerprint density at radius 1 is 0.969 bits per heavy atom. The molecule has 1 unspecified atom stereocenters. The fraction of sp³-hybridized carbons (Fsp3) is 0.296. The maximum Gasteiger partial charge on any atom is 0.188 e. The monoisotopic (exact) mass is 448 g/mol. The SMILES string of the molecule is Cc1cccc(C2(N3CCN(Cc4ccccc4Cl)CC3)Cc3c(F)cccc3C2=O)c1. The van der Waals surface area contributed by atoms with Crippen molar-refractivity contribution < 1.29 is 9.18 Å². The van der Waals surface area contributed by atoms with Crippen LogP contribution in [0.25, 0.3) is 0 Å². The van der Waals surface area contributed by atoms with E-state index in [4.69, 9.17) is 11.6 Å². The van der Waals surface area contributed by atoms with Crippen molar-refractivity contribution in [1.29, 1.82) is 0 Å². The van der Waals surface area contributed by atoms with Gasteiger partial charge in [0.1, 0.15) is 11.4 Å². The first-order valence-electron chi connectivity index (χ1n) is 11.1. The normalized spacial score (nSPS) is 21.7. The third kappa shape index (κ3) is 3.57. The Labute approximate surface area is 193 Å². The summed E-state index contributed by atoms with van der Waals surface area (Å²) in [5.74, 6) is -0.278. The van der Waals surface area contributed by atoms with Crippen LogP contribution in [0.3, 0.4) is 0 Å². The Balaban J connectivity index is 1.45. The van der Waals surface area contributed by atoms with Gasteiger partial charge in [0.05, 0.1) is 0 Å². The largest absolute Gasteiger partial charge is 0.296 e. The lowest BCUT2D eigenvalue weighted by Crippen LogP contribution is -2.58. The summed E-state index contributed by atoms with van der Waals surface area (Å²) in [7, 11) is 0. The molecule has 5 heteroatoms. The molecule has 1 aliphatic heterocycles. The number of benzene rings is 3. The lowest BCUT2D eigenvalue weighted by Gasteiger charge is -2.45. The zero-order valence-electron chi connectivity index (χ0n) is 18.2. The molecular weight excluding hydrogens is 423 g/mol. The molecule has 5 rings (SSSR count). The van der Waals surface area contributed by atoms with Crippen molar-refractivity contribution in [3.8, 4) is 0 Å². The van der Waals surface area contributed by atoms with Crippen LogP contribution in [0.5, 0.6) is 0 Å². The lowest BCUT2D eigenvalue weighted by molar-refractivity contribution is 0.0287. The van der Waals surface area contributed by atoms with Gasteiger partial charge >= 0.3 is 0 Å². The van der Waals surface area contributed by atoms with E-state index < -0.39 is 5.54 Å². The minimum absolute atomic E-state index is 0.0113. The Bertz CT molecular complexity index is 1170. The molecule has 164 valence electrons. The van der Waals surface area contributed by atoms with Gasteiger partial charge in [-0.3, -0.25) is 14.6 Å². The third-order valence-corrected chi connectivity index (χ3v) is 7.30. The number of carbonyl (C=O) groups excluding carboxylic acids is 1. The average Bonchev–Trinajstić information content (AvgIpc) is 3.11. The van der Waals surface area contributed by atoms with E-state index in [0.717, 1.165) is 54.4 Å². The van der Waals surface area contributed by atoms with Crippen molar-refractivity contribution >= 4 is 17.4 Å². The quantitative estimate of drug-likeness (QED) is 0.545. The Morgan fingerprint density at radius 2 is 1.72 bits per heavy atom. The second kappa shape index (κ2) is 8.43. The first-order chi connectivity index (χ1) is 15.5. The molecule has 0 amide bonds. The van der Waals surface area contributed by atoms with Gasteiger partial charge in [0.25, 0.3) is 0 Å². The van der Waals surface area contributed by atoms with Gasteiger partial charge in [-0.25, -0.2) is 4.39 Å². The van der Waals surface area contributed by atoms with Crippen LogP contribution in [0.15, 0.2) is 66.7 Å². The first kappa shape index (κ1) is 21.3. The Kier molecular flexibility index (Phi) is 5.62. The van der Waals surface area contributed by atoms with Crippen LogP contribution in [-0.2, 0) is 18.5 Å². The van der Waals surface area contributed by atoms with Crippen molar-refractivity contribution in [3.05, 3.63) is 105 Å². The number of ketones is 1. The molecule has 1 fully saturated rings. The first-order valence-corrected chi connectivity index (χ1v) is 11.5. The van der Waals surface area contributed by atoms with Crippen molar-refractivity contribution in [1.82, 2.24) is 9.80 Å². The number of rotatable bonds is 4. The zero-order chi connectivity index (χ0) is 22.3. The lowest BCUT2D eigenvalue weighted by atomic mass is 9.82. The molecule has 0 radical (unpaired) electrons. The Hall–Kier alpha value is -2.53. The number of Topliss-reactive ketones (excluding diaryl/α,β-unsaturated/α-hetero) is 1. The highest BCUT2D eigenvalue weighted by atomic mass is 35.5. The number of hydrogen-bond donors (Lipinski definition) is 0. The molecule has 3 aromatic carbocycles. The summed E-state index contributed by atoms with van der Waals surface area (Å²) >= 11 is 6.36. The maximum atomic E-state index is 14.7. The van der Waals surface area contributed by atoms with Crippen LogP contribution in [0.4, 0.5) is 4.39 Å². The van der Waals surface area contributed by atoms with E-state index in [9.17, 15) is 9.18 Å². The number of fused-ring (bicyclic) bond motifs is 1. The van der Waals surface area contributed by atoms with Crippen LogP contribution in [0, 0.1) is 12.7 Å². The predicted molar refractivity (Wildman–Crippen MR) is 126 cm³/mol. The molecule has 1 atom stereocenters. The highest BCUT2D eigenvalue weighted by molar-refractivity contribution is 6.31. The molecule has 2 aliphatic rings. The molecule has 0 aromatic heterocycles. The highest BCUT2D eigenvalue weighted by Gasteiger charge is 2.52. The Morgan fingerprint density at radius 3 is 2.44 bits per heavy atom. The average molecular weight is 449 g/mol. The van der Waals surface area contributed by atoms with E-state index in [2.05, 4.69) is 21.9 Å². The standard InChI is InChI=1S/C27H26ClFN2O/c1-19-6-4-8-21(16-19)27(17-23-22(26(27)32)9-5-11-25(23)29)31-14-12-30(13-15-31)18-20-7-2-3-10-24(20)28/h2-11,16H,12-15,17-18H2,1H3. The van der Waals surface area contributed by atoms with Crippen LogP contribution < -0.4 is 0 Å². The van der Waals surface area contributed by atoms with E-state index in [0.29, 0.717) is 17.5 Å². The van der Waals surface area contributed by atoms with Gasteiger partial charge in [-0.05, 0) is 30.2 Å². The summed E-state index contributed by atoms with van der Waals surface area (Å²) in [6.45, 7) is 5.94. The molecule has 1 saturated heterocycles. The van der Waals surface area contributed by atoms with E-state index in [-0.39, 0.29) is 11.6 Å².